The van der Waals surface area contributed by atoms with Crippen molar-refractivity contribution in [3.63, 3.8) is 0 Å². The van der Waals surface area contributed by atoms with Gasteiger partial charge in [0.2, 0.25) is 0 Å². The maximum atomic E-state index is 10.9. The first-order valence-corrected chi connectivity index (χ1v) is 8.31. The van der Waals surface area contributed by atoms with Gasteiger partial charge in [0.15, 0.2) is 23.0 Å². The number of aromatic hydroxyl groups is 1. The van der Waals surface area contributed by atoms with Crippen LogP contribution in [0.15, 0.2) is 42.5 Å². The fourth-order valence-electron chi connectivity index (χ4n) is 2.98. The van der Waals surface area contributed by atoms with Gasteiger partial charge in [0.25, 0.3) is 0 Å². The zero-order valence-corrected chi connectivity index (χ0v) is 15.3. The van der Waals surface area contributed by atoms with Crippen LogP contribution in [0.5, 0.6) is 28.7 Å². The van der Waals surface area contributed by atoms with E-state index in [1.165, 1.54) is 0 Å². The van der Waals surface area contributed by atoms with E-state index in [1.807, 2.05) is 43.3 Å². The molecule has 0 atom stereocenters. The summed E-state index contributed by atoms with van der Waals surface area (Å²) in [5, 5.41) is 12.4. The fraction of sp³-hybridized carbons (Fsp3) is 0.238. The highest BCUT2D eigenvalue weighted by Gasteiger charge is 2.14. The number of phenolic OH excluding ortho intramolecular Hbond substituents is 1. The molecule has 0 aliphatic carbocycles. The number of phenols is 1. The van der Waals surface area contributed by atoms with E-state index >= 15 is 0 Å². The van der Waals surface area contributed by atoms with Crippen LogP contribution in [0.1, 0.15) is 6.92 Å². The molecule has 26 heavy (non-hydrogen) atoms. The van der Waals surface area contributed by atoms with Crippen LogP contribution in [0.2, 0.25) is 0 Å². The van der Waals surface area contributed by atoms with Crippen LogP contribution < -0.4 is 18.9 Å². The lowest BCUT2D eigenvalue weighted by molar-refractivity contribution is 0.311. The third-order valence-corrected chi connectivity index (χ3v) is 4.27. The summed E-state index contributed by atoms with van der Waals surface area (Å²) in [6, 6.07) is 13.0. The maximum Gasteiger partial charge on any atom is 0.161 e. The maximum absolute atomic E-state index is 10.9. The summed E-state index contributed by atoms with van der Waals surface area (Å²) >= 11 is 0. The molecule has 0 aliphatic heterocycles. The summed E-state index contributed by atoms with van der Waals surface area (Å²) in [5.74, 6) is 2.66. The minimum Gasteiger partial charge on any atom is -0.507 e. The Morgan fingerprint density at radius 3 is 2.12 bits per heavy atom. The van der Waals surface area contributed by atoms with Gasteiger partial charge in [-0.1, -0.05) is 18.2 Å². The van der Waals surface area contributed by atoms with E-state index in [2.05, 4.69) is 0 Å². The molecule has 0 saturated carbocycles. The highest BCUT2D eigenvalue weighted by atomic mass is 16.5. The number of hydrogen-bond acceptors (Lipinski definition) is 5. The molecule has 3 rings (SSSR count). The van der Waals surface area contributed by atoms with Gasteiger partial charge < -0.3 is 24.1 Å². The largest absolute Gasteiger partial charge is 0.507 e. The highest BCUT2D eigenvalue weighted by molar-refractivity contribution is 5.97. The molecule has 0 aromatic heterocycles. The lowest BCUT2D eigenvalue weighted by Gasteiger charge is -2.14. The zero-order valence-electron chi connectivity index (χ0n) is 15.3. The van der Waals surface area contributed by atoms with Crippen LogP contribution in [0, 0.1) is 0 Å². The van der Waals surface area contributed by atoms with Crippen molar-refractivity contribution in [1.82, 2.24) is 0 Å². The Kier molecular flexibility index (Phi) is 5.07. The van der Waals surface area contributed by atoms with Crippen molar-refractivity contribution in [2.45, 2.75) is 6.92 Å². The van der Waals surface area contributed by atoms with Gasteiger partial charge in [0, 0.05) is 10.9 Å². The molecule has 0 radical (unpaired) electrons. The smallest absolute Gasteiger partial charge is 0.161 e. The molecule has 0 spiro atoms. The van der Waals surface area contributed by atoms with Gasteiger partial charge in [-0.15, -0.1) is 0 Å². The standard InChI is InChI=1S/C21H22O5/c1-5-26-20-11-14-6-8-15(21(22)16(14)12-19(20)25-4)13-7-9-17(23-2)18(10-13)24-3/h6-12,22H,5H2,1-4H3. The van der Waals surface area contributed by atoms with Crippen LogP contribution in [0.25, 0.3) is 21.9 Å². The summed E-state index contributed by atoms with van der Waals surface area (Å²) in [4.78, 5) is 0. The quantitative estimate of drug-likeness (QED) is 0.699. The number of benzene rings is 3. The van der Waals surface area contributed by atoms with Crippen LogP contribution in [0.4, 0.5) is 0 Å². The van der Waals surface area contributed by atoms with E-state index in [1.54, 1.807) is 27.4 Å². The van der Waals surface area contributed by atoms with Crippen molar-refractivity contribution in [3.8, 4) is 39.9 Å². The Balaban J connectivity index is 2.16. The number of hydrogen-bond donors (Lipinski definition) is 1. The molecule has 0 fully saturated rings. The summed E-state index contributed by atoms with van der Waals surface area (Å²) in [7, 11) is 4.76. The second kappa shape index (κ2) is 7.44. The lowest BCUT2D eigenvalue weighted by atomic mass is 9.99. The first-order chi connectivity index (χ1) is 12.6. The van der Waals surface area contributed by atoms with Crippen LogP contribution in [-0.2, 0) is 0 Å². The van der Waals surface area contributed by atoms with Crippen molar-refractivity contribution >= 4 is 10.8 Å². The van der Waals surface area contributed by atoms with E-state index in [9.17, 15) is 5.11 Å². The fourth-order valence-corrected chi connectivity index (χ4v) is 2.98. The Labute approximate surface area is 152 Å². The van der Waals surface area contributed by atoms with Crippen molar-refractivity contribution in [3.05, 3.63) is 42.5 Å². The Morgan fingerprint density at radius 1 is 0.769 bits per heavy atom. The van der Waals surface area contributed by atoms with Crippen LogP contribution >= 0.6 is 0 Å². The molecule has 5 nitrogen and oxygen atoms in total. The molecular formula is C21H22O5. The normalized spacial score (nSPS) is 10.6. The number of ether oxygens (including phenoxy) is 4. The molecule has 3 aromatic carbocycles. The first kappa shape index (κ1) is 17.7. The third kappa shape index (κ3) is 3.08. The van der Waals surface area contributed by atoms with Crippen molar-refractivity contribution in [1.29, 1.82) is 0 Å². The Hall–Kier alpha value is -3.08. The molecular weight excluding hydrogens is 332 g/mol. The van der Waals surface area contributed by atoms with E-state index in [-0.39, 0.29) is 5.75 Å². The van der Waals surface area contributed by atoms with Gasteiger partial charge >= 0.3 is 0 Å². The summed E-state index contributed by atoms with van der Waals surface area (Å²) in [6.45, 7) is 2.46. The molecule has 136 valence electrons. The molecule has 5 heteroatoms. The van der Waals surface area contributed by atoms with E-state index in [4.69, 9.17) is 18.9 Å². The monoisotopic (exact) mass is 354 g/mol. The SMILES string of the molecule is CCOc1cc2ccc(-c3ccc(OC)c(OC)c3)c(O)c2cc1OC. The van der Waals surface area contributed by atoms with Gasteiger partial charge in [-0.05, 0) is 42.1 Å². The van der Waals surface area contributed by atoms with E-state index in [0.717, 1.165) is 10.9 Å². The van der Waals surface area contributed by atoms with Gasteiger partial charge in [-0.25, -0.2) is 0 Å². The van der Waals surface area contributed by atoms with Gasteiger partial charge in [0.1, 0.15) is 5.75 Å². The molecule has 0 amide bonds. The average Bonchev–Trinajstić information content (AvgIpc) is 2.67. The zero-order chi connectivity index (χ0) is 18.7. The van der Waals surface area contributed by atoms with Gasteiger partial charge in [-0.2, -0.15) is 0 Å². The molecule has 1 N–H and O–H groups in total. The van der Waals surface area contributed by atoms with Gasteiger partial charge in [0.05, 0.1) is 27.9 Å². The third-order valence-electron chi connectivity index (χ3n) is 4.27. The van der Waals surface area contributed by atoms with Crippen molar-refractivity contribution in [2.24, 2.45) is 0 Å². The lowest BCUT2D eigenvalue weighted by Crippen LogP contribution is -1.95. The minimum atomic E-state index is 0.177. The predicted molar refractivity (Wildman–Crippen MR) is 102 cm³/mol. The second-order valence-corrected chi connectivity index (χ2v) is 5.69. The summed E-state index contributed by atoms with van der Waals surface area (Å²) in [6.07, 6.45) is 0. The van der Waals surface area contributed by atoms with Crippen molar-refractivity contribution < 1.29 is 24.1 Å². The van der Waals surface area contributed by atoms with Crippen molar-refractivity contribution in [2.75, 3.05) is 27.9 Å². The summed E-state index contributed by atoms with van der Waals surface area (Å²) in [5.41, 5.74) is 1.53. The van der Waals surface area contributed by atoms with Gasteiger partial charge in [-0.3, -0.25) is 0 Å². The predicted octanol–water partition coefficient (Wildman–Crippen LogP) is 4.64. The first-order valence-electron chi connectivity index (χ1n) is 8.31. The van der Waals surface area contributed by atoms with Crippen LogP contribution in [-0.4, -0.2) is 33.0 Å². The molecule has 0 aliphatic rings. The Morgan fingerprint density at radius 2 is 1.46 bits per heavy atom. The highest BCUT2D eigenvalue weighted by Crippen LogP contribution is 2.42. The number of methoxy groups -OCH3 is 3. The number of fused-ring (bicyclic) bond motifs is 1. The van der Waals surface area contributed by atoms with E-state index in [0.29, 0.717) is 40.6 Å². The second-order valence-electron chi connectivity index (χ2n) is 5.69. The molecule has 0 heterocycles. The molecule has 0 unspecified atom stereocenters. The minimum absolute atomic E-state index is 0.177. The summed E-state index contributed by atoms with van der Waals surface area (Å²) < 4.78 is 21.6. The molecule has 0 bridgehead atoms. The Bertz CT molecular complexity index is 933. The molecule has 3 aromatic rings. The van der Waals surface area contributed by atoms with E-state index < -0.39 is 0 Å². The molecule has 0 saturated heterocycles. The number of rotatable bonds is 6. The average molecular weight is 354 g/mol. The van der Waals surface area contributed by atoms with Crippen LogP contribution in [0.3, 0.4) is 0 Å². The topological polar surface area (TPSA) is 57.2 Å².